The molecule has 3 rings (SSSR count). The summed E-state index contributed by atoms with van der Waals surface area (Å²) < 4.78 is 1.67. The summed E-state index contributed by atoms with van der Waals surface area (Å²) in [6.45, 7) is 25.9. The Morgan fingerprint density at radius 2 is 0.561 bits per heavy atom. The van der Waals surface area contributed by atoms with E-state index in [9.17, 15) is 5.53 Å². The van der Waals surface area contributed by atoms with E-state index in [1.807, 2.05) is 0 Å². The van der Waals surface area contributed by atoms with E-state index in [1.54, 1.807) is 4.70 Å². The summed E-state index contributed by atoms with van der Waals surface area (Å²) in [6.07, 6.45) is 46.4. The fourth-order valence-corrected chi connectivity index (χ4v) is 9.23. The summed E-state index contributed by atoms with van der Waals surface area (Å²) in [5.41, 5.74) is 25.7. The van der Waals surface area contributed by atoms with Crippen LogP contribution in [0.25, 0.3) is 16.9 Å². The molecule has 0 spiro atoms. The van der Waals surface area contributed by atoms with Crippen molar-refractivity contribution in [3.63, 3.8) is 0 Å². The molecule has 0 saturated heterocycles. The van der Waals surface area contributed by atoms with Crippen LogP contribution in [0.5, 0.6) is 0 Å². The van der Waals surface area contributed by atoms with Crippen molar-refractivity contribution in [1.29, 1.82) is 0 Å². The standard InChI is InChI=1S/C45H70N2.2C9H19.Ni/c1-7-13-19-20-21-23-29-43-42(28-22-14-8-2)44(40-32-36(24-15-9-3)30-37(33-40)25-16-10-4)47(46)45(43)41-34-38(26-17-11-5)31-39(35-41)27-18-12-6;2*1-3-5-7-9-8-6-4-2;/h30-35H,7-29H2,1-6H3;2*1,3-9H2,2H3;/q;2*-1;+2. The van der Waals surface area contributed by atoms with Gasteiger partial charge >= 0.3 is 16.5 Å². The Kier molecular flexibility index (Phi) is 42.9. The quantitative estimate of drug-likeness (QED) is 0.0279. The molecule has 3 heteroatoms. The maximum atomic E-state index is 12.5. The molecule has 2 aromatic carbocycles. The fourth-order valence-electron chi connectivity index (χ4n) is 9.23. The van der Waals surface area contributed by atoms with Crippen LogP contribution in [-0.2, 0) is 42.2 Å². The molecule has 2 aromatic rings. The third-order valence-electron chi connectivity index (χ3n) is 13.3. The Balaban J connectivity index is 0.00000186. The molecule has 1 aliphatic heterocycles. The summed E-state index contributed by atoms with van der Waals surface area (Å²) in [5, 5.41) is 0. The second-order valence-corrected chi connectivity index (χ2v) is 19.7. The van der Waals surface area contributed by atoms with E-state index in [-0.39, 0.29) is 16.5 Å². The van der Waals surface area contributed by atoms with Crippen molar-refractivity contribution in [1.82, 2.24) is 0 Å². The minimum absolute atomic E-state index is 0. The van der Waals surface area contributed by atoms with Crippen molar-refractivity contribution in [3.8, 4) is 0 Å². The first kappa shape index (κ1) is 64.0. The van der Waals surface area contributed by atoms with Crippen LogP contribution in [0.4, 0.5) is 0 Å². The zero-order valence-electron chi connectivity index (χ0n) is 45.3. The molecular formula is C63H108N2Ni. The molecule has 0 N–H and O–H groups in total. The Labute approximate surface area is 423 Å². The number of nitrogens with zero attached hydrogens (tertiary/aromatic N) is 2. The van der Waals surface area contributed by atoms with Gasteiger partial charge in [0.2, 0.25) is 11.4 Å². The van der Waals surface area contributed by atoms with Crippen molar-refractivity contribution in [2.45, 2.75) is 293 Å². The molecule has 0 saturated carbocycles. The molecular weight excluding hydrogens is 843 g/mol. The molecule has 2 nitrogen and oxygen atoms in total. The smallest absolute Gasteiger partial charge is 0.493 e. The zero-order valence-corrected chi connectivity index (χ0v) is 46.2. The largest absolute Gasteiger partial charge is 2.00 e. The van der Waals surface area contributed by atoms with Crippen molar-refractivity contribution in [3.05, 3.63) is 100 Å². The van der Waals surface area contributed by atoms with Crippen LogP contribution in [0.2, 0.25) is 0 Å². The average molecular weight is 952 g/mol. The third kappa shape index (κ3) is 27.9. The molecule has 0 atom stereocenters. The van der Waals surface area contributed by atoms with Gasteiger partial charge in [0.1, 0.15) is 0 Å². The summed E-state index contributed by atoms with van der Waals surface area (Å²) in [6, 6.07) is 14.6. The van der Waals surface area contributed by atoms with Crippen molar-refractivity contribution < 1.29 is 21.2 Å². The van der Waals surface area contributed by atoms with Gasteiger partial charge in [0.25, 0.3) is 0 Å². The Morgan fingerprint density at radius 1 is 0.318 bits per heavy atom. The van der Waals surface area contributed by atoms with Crippen LogP contribution in [0.15, 0.2) is 47.5 Å². The van der Waals surface area contributed by atoms with E-state index in [0.29, 0.717) is 0 Å². The van der Waals surface area contributed by atoms with Gasteiger partial charge in [-0.1, -0.05) is 215 Å². The minimum Gasteiger partial charge on any atom is -0.493 e. The van der Waals surface area contributed by atoms with Crippen LogP contribution < -0.4 is 0 Å². The van der Waals surface area contributed by atoms with E-state index < -0.39 is 0 Å². The third-order valence-corrected chi connectivity index (χ3v) is 13.3. The van der Waals surface area contributed by atoms with Gasteiger partial charge in [-0.05, 0) is 124 Å². The number of unbranched alkanes of at least 4 members (excludes halogenated alkanes) is 23. The Hall–Kier alpha value is -1.99. The summed E-state index contributed by atoms with van der Waals surface area (Å²) in [4.78, 5) is 0. The molecule has 0 bridgehead atoms. The van der Waals surface area contributed by atoms with Gasteiger partial charge < -0.3 is 19.4 Å². The average Bonchev–Trinajstić information content (AvgIpc) is 3.60. The molecule has 1 heterocycles. The molecule has 0 amide bonds. The topological polar surface area (TPSA) is 25.3 Å². The van der Waals surface area contributed by atoms with Crippen LogP contribution in [0.3, 0.4) is 0 Å². The van der Waals surface area contributed by atoms with Crippen molar-refractivity contribution in [2.75, 3.05) is 0 Å². The molecule has 1 aliphatic rings. The van der Waals surface area contributed by atoms with Gasteiger partial charge in [0.05, 0.1) is 0 Å². The van der Waals surface area contributed by atoms with E-state index >= 15 is 0 Å². The van der Waals surface area contributed by atoms with Crippen molar-refractivity contribution in [2.24, 2.45) is 0 Å². The van der Waals surface area contributed by atoms with Gasteiger partial charge in [-0.25, -0.2) is 4.70 Å². The van der Waals surface area contributed by atoms with Crippen molar-refractivity contribution >= 4 is 11.4 Å². The molecule has 66 heavy (non-hydrogen) atoms. The fraction of sp³-hybridized carbons (Fsp3) is 0.714. The Bertz CT molecular complexity index is 1450. The van der Waals surface area contributed by atoms with E-state index in [1.165, 1.54) is 231 Å². The van der Waals surface area contributed by atoms with E-state index in [4.69, 9.17) is 0 Å². The number of allylic oxidation sites excluding steroid dienone is 2. The predicted molar refractivity (Wildman–Crippen MR) is 294 cm³/mol. The molecule has 0 fully saturated rings. The second-order valence-electron chi connectivity index (χ2n) is 19.7. The zero-order chi connectivity index (χ0) is 47.8. The van der Waals surface area contributed by atoms with Crippen LogP contribution in [0.1, 0.15) is 301 Å². The molecule has 0 radical (unpaired) electrons. The number of rotatable bonds is 37. The first-order valence-electron chi connectivity index (χ1n) is 28.6. The molecule has 0 aliphatic carbocycles. The molecule has 380 valence electrons. The summed E-state index contributed by atoms with van der Waals surface area (Å²) >= 11 is 0. The van der Waals surface area contributed by atoms with Crippen LogP contribution in [-0.4, -0.2) is 4.70 Å². The van der Waals surface area contributed by atoms with Gasteiger partial charge in [0, 0.05) is 22.3 Å². The van der Waals surface area contributed by atoms with Gasteiger partial charge in [-0.15, -0.1) is 0 Å². The number of aryl methyl sites for hydroxylation is 4. The van der Waals surface area contributed by atoms with Gasteiger partial charge in [0.15, 0.2) is 0 Å². The van der Waals surface area contributed by atoms with Gasteiger partial charge in [-0.3, -0.25) is 0 Å². The minimum atomic E-state index is 0. The summed E-state index contributed by atoms with van der Waals surface area (Å²) in [7, 11) is 0. The van der Waals surface area contributed by atoms with Gasteiger partial charge in [-0.2, -0.15) is 12.8 Å². The van der Waals surface area contributed by atoms with Crippen LogP contribution in [0, 0.1) is 13.8 Å². The normalized spacial score (nSPS) is 12.3. The maximum absolute atomic E-state index is 12.5. The first-order chi connectivity index (χ1) is 31.8. The predicted octanol–water partition coefficient (Wildman–Crippen LogP) is 21.7. The molecule has 0 unspecified atom stereocenters. The number of hydrogen-bond acceptors (Lipinski definition) is 0. The monoisotopic (exact) mass is 951 g/mol. The van der Waals surface area contributed by atoms with E-state index in [0.717, 1.165) is 62.8 Å². The number of benzene rings is 2. The molecule has 0 aromatic heterocycles. The summed E-state index contributed by atoms with van der Waals surface area (Å²) in [5.74, 6) is 0. The number of hydrogen-bond donors (Lipinski definition) is 0. The van der Waals surface area contributed by atoms with Crippen LogP contribution >= 0.6 is 0 Å². The Morgan fingerprint density at radius 3 is 0.848 bits per heavy atom. The van der Waals surface area contributed by atoms with E-state index in [2.05, 4.69) is 106 Å². The second kappa shape index (κ2) is 44.2. The SMILES string of the molecule is CCCCCCCCC1=C(c2cc(CCCC)cc(CCCC)c2)[N+](=[N-])C(c2cc(CCCC)cc(CCCC)c2)=C1CCCCC.[CH2-]CCCCCCCC.[CH2-]CCCCCCCC.[Ni+2]. The first-order valence-corrected chi connectivity index (χ1v) is 28.6. The maximum Gasteiger partial charge on any atom is 2.00 e.